The third-order valence-electron chi connectivity index (χ3n) is 4.36. The largest absolute Gasteiger partial charge is 0.442 e. The van der Waals surface area contributed by atoms with E-state index >= 15 is 0 Å². The fraction of sp³-hybridized carbons (Fsp3) is 0.588. The molecule has 1 aliphatic carbocycles. The molecule has 0 bridgehead atoms. The molecule has 0 saturated heterocycles. The van der Waals surface area contributed by atoms with Gasteiger partial charge in [-0.2, -0.15) is 9.78 Å². The first-order valence-corrected chi connectivity index (χ1v) is 7.59. The summed E-state index contributed by atoms with van der Waals surface area (Å²) in [6, 6.07) is 0. The number of hydrogen-bond acceptors (Lipinski definition) is 4. The molecule has 0 aromatic carbocycles. The number of aromatic nitrogens is 3. The zero-order valence-electron chi connectivity index (χ0n) is 14.3. The molecule has 0 unspecified atom stereocenters. The maximum Gasteiger partial charge on any atom is 0.349 e. The number of terminal acetylenes is 1. The highest BCUT2D eigenvalue weighted by Crippen LogP contribution is 2.59. The van der Waals surface area contributed by atoms with E-state index in [1.165, 1.54) is 10.1 Å². The van der Waals surface area contributed by atoms with Crippen LogP contribution in [0.25, 0.3) is 0 Å². The first-order valence-electron chi connectivity index (χ1n) is 7.59. The first-order chi connectivity index (χ1) is 10.7. The average Bonchev–Trinajstić information content (AvgIpc) is 2.87. The molecular weight excluding hydrogens is 294 g/mol. The van der Waals surface area contributed by atoms with Gasteiger partial charge in [0.15, 0.2) is 6.73 Å². The van der Waals surface area contributed by atoms with Gasteiger partial charge in [-0.15, -0.1) is 6.42 Å². The summed E-state index contributed by atoms with van der Waals surface area (Å²) < 4.78 is 7.78. The molecule has 2 atom stereocenters. The number of carbonyl (C=O) groups is 1. The minimum absolute atomic E-state index is 0.113. The van der Waals surface area contributed by atoms with Crippen LogP contribution in [0.3, 0.4) is 0 Å². The smallest absolute Gasteiger partial charge is 0.349 e. The van der Waals surface area contributed by atoms with Crippen molar-refractivity contribution in [3.05, 3.63) is 28.0 Å². The van der Waals surface area contributed by atoms with Gasteiger partial charge >= 0.3 is 11.7 Å². The zero-order valence-corrected chi connectivity index (χ0v) is 14.3. The van der Waals surface area contributed by atoms with Gasteiger partial charge in [-0.05, 0) is 32.1 Å². The zero-order chi connectivity index (χ0) is 17.4. The van der Waals surface area contributed by atoms with Gasteiger partial charge in [-0.3, -0.25) is 9.36 Å². The van der Waals surface area contributed by atoms with E-state index in [0.717, 1.165) is 4.68 Å². The Kier molecular flexibility index (Phi) is 4.51. The number of hydrogen-bond donors (Lipinski definition) is 0. The van der Waals surface area contributed by atoms with E-state index in [9.17, 15) is 9.59 Å². The lowest BCUT2D eigenvalue weighted by Gasteiger charge is -2.04. The van der Waals surface area contributed by atoms with E-state index in [0.29, 0.717) is 5.82 Å². The molecule has 0 N–H and O–H groups in total. The minimum Gasteiger partial charge on any atom is -0.442 e. The van der Waals surface area contributed by atoms with Crippen molar-refractivity contribution in [2.45, 2.75) is 47.9 Å². The summed E-state index contributed by atoms with van der Waals surface area (Å²) in [7, 11) is 0. The molecular formula is C17H23N3O3. The molecule has 2 rings (SSSR count). The summed E-state index contributed by atoms with van der Waals surface area (Å²) in [5.41, 5.74) is 0.695. The molecule has 6 heteroatoms. The van der Waals surface area contributed by atoms with E-state index in [2.05, 4.69) is 17.1 Å². The number of allylic oxidation sites excluding steroid dienone is 2. The van der Waals surface area contributed by atoms with Gasteiger partial charge in [-0.25, -0.2) is 4.79 Å². The van der Waals surface area contributed by atoms with Crippen LogP contribution in [-0.2, 0) is 22.8 Å². The Labute approximate surface area is 136 Å². The average molecular weight is 317 g/mol. The Morgan fingerprint density at radius 1 is 1.48 bits per heavy atom. The topological polar surface area (TPSA) is 66.1 Å². The van der Waals surface area contributed by atoms with Crippen molar-refractivity contribution >= 4 is 5.97 Å². The lowest BCUT2D eigenvalue weighted by atomic mass is 10.1. The highest BCUT2D eigenvalue weighted by Gasteiger charge is 2.61. The number of nitrogens with zero attached hydrogens (tertiary/aromatic N) is 3. The Hall–Kier alpha value is -2.29. The lowest BCUT2D eigenvalue weighted by molar-refractivity contribution is -0.150. The van der Waals surface area contributed by atoms with Gasteiger partial charge in [-0.1, -0.05) is 31.4 Å². The number of ether oxygens (including phenoxy) is 1. The Morgan fingerprint density at radius 2 is 2.13 bits per heavy atom. The number of carbonyl (C=O) groups excluding carboxylic acids is 1. The second-order valence-electron chi connectivity index (χ2n) is 6.78. The maximum absolute atomic E-state index is 12.3. The fourth-order valence-corrected chi connectivity index (χ4v) is 2.92. The second-order valence-corrected chi connectivity index (χ2v) is 6.78. The van der Waals surface area contributed by atoms with Gasteiger partial charge < -0.3 is 4.74 Å². The van der Waals surface area contributed by atoms with Crippen molar-refractivity contribution in [2.75, 3.05) is 0 Å². The summed E-state index contributed by atoms with van der Waals surface area (Å²) in [6.07, 6.45) is 7.33. The van der Waals surface area contributed by atoms with Crippen LogP contribution in [0, 0.1) is 36.5 Å². The summed E-state index contributed by atoms with van der Waals surface area (Å²) in [4.78, 5) is 24.4. The predicted molar refractivity (Wildman–Crippen MR) is 86.3 cm³/mol. The second kappa shape index (κ2) is 6.07. The molecule has 0 radical (unpaired) electrons. The van der Waals surface area contributed by atoms with Gasteiger partial charge in [0, 0.05) is 0 Å². The third kappa shape index (κ3) is 3.24. The SMILES string of the molecule is C#CCn1c(C)nn(COC(=O)[C@@H]2[C@@H](C=C(C)C)C2(C)C)c1=O. The van der Waals surface area contributed by atoms with E-state index in [1.54, 1.807) is 6.92 Å². The first kappa shape index (κ1) is 17.1. The molecule has 1 saturated carbocycles. The van der Waals surface area contributed by atoms with Crippen LogP contribution in [0.4, 0.5) is 0 Å². The number of aryl methyl sites for hydroxylation is 1. The minimum atomic E-state index is -0.371. The van der Waals surface area contributed by atoms with Gasteiger partial charge in [0.05, 0.1) is 12.5 Å². The molecule has 0 spiro atoms. The van der Waals surface area contributed by atoms with Crippen molar-refractivity contribution in [1.29, 1.82) is 0 Å². The number of esters is 1. The maximum atomic E-state index is 12.3. The third-order valence-corrected chi connectivity index (χ3v) is 4.36. The molecule has 23 heavy (non-hydrogen) atoms. The molecule has 1 aromatic heterocycles. The van der Waals surface area contributed by atoms with Crippen molar-refractivity contribution in [1.82, 2.24) is 14.3 Å². The molecule has 124 valence electrons. The Balaban J connectivity index is 2.04. The lowest BCUT2D eigenvalue weighted by Crippen LogP contribution is -2.27. The summed E-state index contributed by atoms with van der Waals surface area (Å²) >= 11 is 0. The highest BCUT2D eigenvalue weighted by atomic mass is 16.5. The highest BCUT2D eigenvalue weighted by molar-refractivity contribution is 5.78. The molecule has 0 aliphatic heterocycles. The quantitative estimate of drug-likeness (QED) is 0.471. The van der Waals surface area contributed by atoms with E-state index in [-0.39, 0.29) is 42.2 Å². The standard InChI is InChI=1S/C17H23N3O3/c1-7-8-19-12(4)18-20(16(19)22)10-23-15(21)14-13(9-11(2)3)17(14,5)6/h1,9,13-14H,8,10H2,2-6H3/t13-,14+/m1/s1. The molecule has 1 aliphatic rings. The van der Waals surface area contributed by atoms with E-state index < -0.39 is 0 Å². The predicted octanol–water partition coefficient (Wildman–Crippen LogP) is 1.73. The van der Waals surface area contributed by atoms with Gasteiger partial charge in [0.1, 0.15) is 5.82 Å². The molecule has 0 amide bonds. The Morgan fingerprint density at radius 3 is 2.70 bits per heavy atom. The fourth-order valence-electron chi connectivity index (χ4n) is 2.92. The van der Waals surface area contributed by atoms with Crippen LogP contribution in [-0.4, -0.2) is 20.3 Å². The van der Waals surface area contributed by atoms with Crippen molar-refractivity contribution < 1.29 is 9.53 Å². The van der Waals surface area contributed by atoms with Crippen LogP contribution >= 0.6 is 0 Å². The van der Waals surface area contributed by atoms with Crippen LogP contribution in [0.15, 0.2) is 16.4 Å². The molecule has 1 fully saturated rings. The number of rotatable bonds is 5. The molecule has 1 heterocycles. The van der Waals surface area contributed by atoms with Crippen LogP contribution in [0.2, 0.25) is 0 Å². The summed E-state index contributed by atoms with van der Waals surface area (Å²) in [6.45, 7) is 9.75. The van der Waals surface area contributed by atoms with Gasteiger partial charge in [0.2, 0.25) is 0 Å². The summed E-state index contributed by atoms with van der Waals surface area (Å²) in [5.74, 6) is 2.60. The molecule has 6 nitrogen and oxygen atoms in total. The van der Waals surface area contributed by atoms with Crippen LogP contribution in [0.5, 0.6) is 0 Å². The van der Waals surface area contributed by atoms with E-state index in [4.69, 9.17) is 11.2 Å². The summed E-state index contributed by atoms with van der Waals surface area (Å²) in [5, 5.41) is 4.07. The monoisotopic (exact) mass is 317 g/mol. The normalized spacial score (nSPS) is 21.4. The van der Waals surface area contributed by atoms with Crippen LogP contribution < -0.4 is 5.69 Å². The van der Waals surface area contributed by atoms with Gasteiger partial charge in [0.25, 0.3) is 0 Å². The van der Waals surface area contributed by atoms with Crippen molar-refractivity contribution in [3.63, 3.8) is 0 Å². The Bertz CT molecular complexity index is 742. The molecule has 1 aromatic rings. The van der Waals surface area contributed by atoms with Crippen LogP contribution in [0.1, 0.15) is 33.5 Å². The van der Waals surface area contributed by atoms with Crippen molar-refractivity contribution in [3.8, 4) is 12.3 Å². The van der Waals surface area contributed by atoms with E-state index in [1.807, 2.05) is 27.7 Å². The van der Waals surface area contributed by atoms with Crippen molar-refractivity contribution in [2.24, 2.45) is 17.3 Å².